The van der Waals surface area contributed by atoms with E-state index in [-0.39, 0.29) is 25.6 Å². The van der Waals surface area contributed by atoms with Crippen LogP contribution in [0.25, 0.3) is 0 Å². The van der Waals surface area contributed by atoms with Crippen molar-refractivity contribution < 1.29 is 43.0 Å². The molecule has 10 heteroatoms. The fraction of sp³-hybridized carbons (Fsp3) is 0.980. The van der Waals surface area contributed by atoms with Crippen LogP contribution in [0.1, 0.15) is 277 Å². The van der Waals surface area contributed by atoms with Crippen molar-refractivity contribution in [1.82, 2.24) is 0 Å². The molecule has 61 heavy (non-hydrogen) atoms. The highest BCUT2D eigenvalue weighted by Crippen LogP contribution is 2.43. The van der Waals surface area contributed by atoms with E-state index >= 15 is 0 Å². The lowest BCUT2D eigenvalue weighted by Gasteiger charge is -2.20. The molecule has 0 aliphatic carbocycles. The molecule has 0 heterocycles. The largest absolute Gasteiger partial charge is 0.472 e. The number of esters is 1. The molecule has 0 aliphatic heterocycles. The van der Waals surface area contributed by atoms with Crippen molar-refractivity contribution in [2.75, 3.05) is 33.0 Å². The topological polar surface area (TPSA) is 132 Å². The second-order valence-electron chi connectivity index (χ2n) is 18.3. The lowest BCUT2D eigenvalue weighted by atomic mass is 10.0. The molecule has 0 spiro atoms. The van der Waals surface area contributed by atoms with Crippen molar-refractivity contribution in [2.45, 2.75) is 289 Å². The number of aliphatic hydroxyl groups excluding tert-OH is 2. The second-order valence-corrected chi connectivity index (χ2v) is 19.7. The number of carbonyl (C=O) groups excluding carboxylic acids is 1. The van der Waals surface area contributed by atoms with Crippen LogP contribution in [0.5, 0.6) is 0 Å². The zero-order valence-corrected chi connectivity index (χ0v) is 41.3. The van der Waals surface area contributed by atoms with Crippen molar-refractivity contribution >= 4 is 13.8 Å². The van der Waals surface area contributed by atoms with E-state index in [4.69, 9.17) is 23.6 Å². The van der Waals surface area contributed by atoms with Crippen molar-refractivity contribution in [1.29, 1.82) is 0 Å². The van der Waals surface area contributed by atoms with Gasteiger partial charge in [0.25, 0.3) is 0 Å². The predicted octanol–water partition coefficient (Wildman–Crippen LogP) is 15.4. The van der Waals surface area contributed by atoms with Crippen LogP contribution in [-0.4, -0.2) is 66.3 Å². The number of hydrogen-bond acceptors (Lipinski definition) is 8. The number of carbonyl (C=O) groups is 1. The van der Waals surface area contributed by atoms with Crippen LogP contribution in [0.2, 0.25) is 0 Å². The van der Waals surface area contributed by atoms with Crippen LogP contribution in [0.15, 0.2) is 0 Å². The summed E-state index contributed by atoms with van der Waals surface area (Å²) in [5, 5.41) is 18.4. The first-order valence-electron chi connectivity index (χ1n) is 26.5. The molecule has 0 aromatic rings. The molecule has 0 aliphatic rings. The van der Waals surface area contributed by atoms with Gasteiger partial charge in [-0.3, -0.25) is 13.8 Å². The number of ether oxygens (including phenoxy) is 2. The van der Waals surface area contributed by atoms with Crippen molar-refractivity contribution in [3.63, 3.8) is 0 Å². The van der Waals surface area contributed by atoms with E-state index in [0.29, 0.717) is 6.61 Å². The zero-order valence-electron chi connectivity index (χ0n) is 40.4. The van der Waals surface area contributed by atoms with Crippen LogP contribution in [0.3, 0.4) is 0 Å². The molecule has 3 N–H and O–H groups in total. The third-order valence-electron chi connectivity index (χ3n) is 12.0. The minimum atomic E-state index is -4.51. The summed E-state index contributed by atoms with van der Waals surface area (Å²) in [6.07, 6.45) is 50.8. The van der Waals surface area contributed by atoms with Gasteiger partial charge in [-0.15, -0.1) is 0 Å². The van der Waals surface area contributed by atoms with Gasteiger partial charge in [0.2, 0.25) is 0 Å². The molecule has 0 saturated heterocycles. The van der Waals surface area contributed by atoms with Gasteiger partial charge in [0.15, 0.2) is 0 Å². The summed E-state index contributed by atoms with van der Waals surface area (Å²) < 4.78 is 33.5. The molecule has 0 amide bonds. The third kappa shape index (κ3) is 48.7. The Hall–Kier alpha value is -0.540. The normalized spacial score (nSPS) is 13.7. The Balaban J connectivity index is 3.96. The van der Waals surface area contributed by atoms with Gasteiger partial charge >= 0.3 is 13.8 Å². The van der Waals surface area contributed by atoms with Gasteiger partial charge in [-0.2, -0.15) is 0 Å². The van der Waals surface area contributed by atoms with Gasteiger partial charge in [-0.1, -0.05) is 258 Å². The number of phosphoric ester groups is 1. The molecule has 3 atom stereocenters. The smallest absolute Gasteiger partial charge is 0.457 e. The monoisotopic (exact) mass is 891 g/mol. The number of rotatable bonds is 52. The number of aliphatic hydroxyl groups is 2. The first kappa shape index (κ1) is 60.5. The molecule has 1 unspecified atom stereocenters. The van der Waals surface area contributed by atoms with E-state index in [1.54, 1.807) is 0 Å². The summed E-state index contributed by atoms with van der Waals surface area (Å²) in [5.74, 6) is -0.372. The Labute approximate surface area is 378 Å². The molecular weight excluding hydrogens is 788 g/mol. The second kappa shape index (κ2) is 48.9. The van der Waals surface area contributed by atoms with E-state index in [2.05, 4.69) is 13.8 Å². The highest BCUT2D eigenvalue weighted by atomic mass is 31.2. The maximum atomic E-state index is 12.7. The summed E-state index contributed by atoms with van der Waals surface area (Å²) in [4.78, 5) is 22.7. The molecule has 0 radical (unpaired) electrons. The van der Waals surface area contributed by atoms with Gasteiger partial charge in [-0.25, -0.2) is 4.57 Å². The molecule has 0 rings (SSSR count). The van der Waals surface area contributed by atoms with Crippen molar-refractivity contribution in [2.24, 2.45) is 0 Å². The lowest BCUT2D eigenvalue weighted by molar-refractivity contribution is -0.154. The summed E-state index contributed by atoms with van der Waals surface area (Å²) in [6.45, 7) is 3.61. The zero-order chi connectivity index (χ0) is 44.6. The van der Waals surface area contributed by atoms with Gasteiger partial charge in [0.1, 0.15) is 12.2 Å². The standard InChI is InChI=1S/C51H103O9P/c1-3-5-7-9-11-13-15-17-19-21-22-23-24-25-26-27-28-29-31-33-35-37-39-41-43-51(54)60-50(48-59-61(55,56)58-46-49(53)45-52)47-57-44-42-40-38-36-34-32-30-20-18-16-14-12-10-8-6-4-2/h49-50,52-53H,3-48H2,1-2H3,(H,55,56)/t49-,50+/m0/s1. The molecule has 0 fully saturated rings. The summed E-state index contributed by atoms with van der Waals surface area (Å²) in [5.41, 5.74) is 0. The molecule has 0 aromatic carbocycles. The summed E-state index contributed by atoms with van der Waals surface area (Å²) >= 11 is 0. The SMILES string of the molecule is CCCCCCCCCCCCCCCCCCCCCCCCCCC(=O)O[C@H](COCCCCCCCCCCCCCCCCCC)COP(=O)(O)OC[C@@H](O)CO. The Bertz CT molecular complexity index is 922. The summed E-state index contributed by atoms with van der Waals surface area (Å²) in [7, 11) is -4.51. The maximum Gasteiger partial charge on any atom is 0.472 e. The lowest BCUT2D eigenvalue weighted by Crippen LogP contribution is -2.29. The van der Waals surface area contributed by atoms with Gasteiger partial charge in [0.05, 0.1) is 26.4 Å². The quantitative estimate of drug-likeness (QED) is 0.0310. The Morgan fingerprint density at radius 1 is 0.443 bits per heavy atom. The van der Waals surface area contributed by atoms with E-state index in [1.165, 1.54) is 225 Å². The predicted molar refractivity (Wildman–Crippen MR) is 256 cm³/mol. The Morgan fingerprint density at radius 3 is 1.07 bits per heavy atom. The van der Waals surface area contributed by atoms with Crippen molar-refractivity contribution in [3.05, 3.63) is 0 Å². The third-order valence-corrected chi connectivity index (χ3v) is 13.0. The molecule has 0 aromatic heterocycles. The number of unbranched alkanes of at least 4 members (excludes halogenated alkanes) is 38. The number of hydrogen-bond donors (Lipinski definition) is 3. The Kier molecular flexibility index (Phi) is 48.5. The van der Waals surface area contributed by atoms with Gasteiger partial charge in [-0.05, 0) is 12.8 Å². The van der Waals surface area contributed by atoms with Crippen LogP contribution in [0.4, 0.5) is 0 Å². The molecule has 9 nitrogen and oxygen atoms in total. The van der Waals surface area contributed by atoms with Crippen LogP contribution >= 0.6 is 7.82 Å². The fourth-order valence-electron chi connectivity index (χ4n) is 8.01. The first-order chi connectivity index (χ1) is 29.8. The fourth-order valence-corrected chi connectivity index (χ4v) is 8.80. The van der Waals surface area contributed by atoms with Gasteiger partial charge < -0.3 is 24.6 Å². The van der Waals surface area contributed by atoms with E-state index in [1.807, 2.05) is 0 Å². The highest BCUT2D eigenvalue weighted by Gasteiger charge is 2.26. The average molecular weight is 891 g/mol. The van der Waals surface area contributed by atoms with Crippen molar-refractivity contribution in [3.8, 4) is 0 Å². The maximum absolute atomic E-state index is 12.7. The average Bonchev–Trinajstić information content (AvgIpc) is 3.25. The van der Waals surface area contributed by atoms with Gasteiger partial charge in [0, 0.05) is 13.0 Å². The van der Waals surface area contributed by atoms with Crippen LogP contribution in [0, 0.1) is 0 Å². The number of phosphoric acid groups is 1. The summed E-state index contributed by atoms with van der Waals surface area (Å²) in [6, 6.07) is 0. The highest BCUT2D eigenvalue weighted by molar-refractivity contribution is 7.47. The molecule has 0 bridgehead atoms. The minimum Gasteiger partial charge on any atom is -0.457 e. The van der Waals surface area contributed by atoms with Crippen LogP contribution in [-0.2, 0) is 27.9 Å². The molecule has 0 saturated carbocycles. The van der Waals surface area contributed by atoms with Crippen LogP contribution < -0.4 is 0 Å². The molecular formula is C51H103O9P. The molecule has 366 valence electrons. The van der Waals surface area contributed by atoms with E-state index in [9.17, 15) is 19.4 Å². The Morgan fingerprint density at radius 2 is 0.738 bits per heavy atom. The van der Waals surface area contributed by atoms with E-state index < -0.39 is 33.2 Å². The minimum absolute atomic E-state index is 0.0587. The first-order valence-corrected chi connectivity index (χ1v) is 28.0. The van der Waals surface area contributed by atoms with E-state index in [0.717, 1.165) is 32.1 Å².